The molecule has 0 radical (unpaired) electrons. The van der Waals surface area contributed by atoms with E-state index >= 15 is 0 Å². The second kappa shape index (κ2) is 7.29. The summed E-state index contributed by atoms with van der Waals surface area (Å²) in [4.78, 5) is 2.72. The Balaban J connectivity index is 2.44. The lowest BCUT2D eigenvalue weighted by molar-refractivity contribution is 0.119. The summed E-state index contributed by atoms with van der Waals surface area (Å²) < 4.78 is 0. The summed E-state index contributed by atoms with van der Waals surface area (Å²) in [6, 6.07) is 1.53. The molecule has 0 bridgehead atoms. The first-order valence-electron chi connectivity index (χ1n) is 7.12. The maximum atomic E-state index is 3.44. The molecule has 2 heteroatoms. The predicted octanol–water partition coefficient (Wildman–Crippen LogP) is 2.89. The number of nitrogens with zero attached hydrogens (tertiary/aromatic N) is 1. The zero-order valence-corrected chi connectivity index (χ0v) is 11.6. The van der Waals surface area contributed by atoms with Crippen molar-refractivity contribution in [2.24, 2.45) is 5.92 Å². The Morgan fingerprint density at radius 3 is 2.62 bits per heavy atom. The van der Waals surface area contributed by atoms with E-state index in [0.717, 1.165) is 18.0 Å². The predicted molar refractivity (Wildman–Crippen MR) is 71.8 cm³/mol. The van der Waals surface area contributed by atoms with Gasteiger partial charge in [0.25, 0.3) is 0 Å². The quantitative estimate of drug-likeness (QED) is 0.749. The van der Waals surface area contributed by atoms with Gasteiger partial charge < -0.3 is 5.32 Å². The normalized spacial score (nSPS) is 26.6. The van der Waals surface area contributed by atoms with Crippen molar-refractivity contribution in [3.8, 4) is 0 Å². The van der Waals surface area contributed by atoms with Crippen LogP contribution in [0.25, 0.3) is 0 Å². The van der Waals surface area contributed by atoms with Crippen molar-refractivity contribution >= 4 is 0 Å². The van der Waals surface area contributed by atoms with Crippen LogP contribution in [0.3, 0.4) is 0 Å². The van der Waals surface area contributed by atoms with E-state index in [2.05, 4.69) is 38.0 Å². The van der Waals surface area contributed by atoms with Gasteiger partial charge in [-0.25, -0.2) is 0 Å². The van der Waals surface area contributed by atoms with Gasteiger partial charge in [-0.05, 0) is 45.2 Å². The summed E-state index contributed by atoms with van der Waals surface area (Å²) >= 11 is 0. The molecule has 16 heavy (non-hydrogen) atoms. The van der Waals surface area contributed by atoms with Crippen LogP contribution < -0.4 is 5.32 Å². The van der Waals surface area contributed by atoms with Crippen LogP contribution in [0, 0.1) is 5.92 Å². The largest absolute Gasteiger partial charge is 0.316 e. The van der Waals surface area contributed by atoms with E-state index in [1.54, 1.807) is 0 Å². The number of piperidine rings is 1. The Hall–Kier alpha value is -0.0800. The molecule has 1 saturated heterocycles. The highest BCUT2D eigenvalue weighted by Crippen LogP contribution is 2.21. The zero-order valence-electron chi connectivity index (χ0n) is 11.6. The number of rotatable bonds is 6. The van der Waals surface area contributed by atoms with Crippen molar-refractivity contribution in [1.82, 2.24) is 10.2 Å². The summed E-state index contributed by atoms with van der Waals surface area (Å²) in [5, 5.41) is 3.44. The molecule has 1 aliphatic rings. The SMILES string of the molecule is CCC(C)CC(CC)N1CCCC(NC)C1. The van der Waals surface area contributed by atoms with Crippen molar-refractivity contribution in [2.45, 2.75) is 65.0 Å². The molecule has 3 unspecified atom stereocenters. The summed E-state index contributed by atoms with van der Waals surface area (Å²) in [6.07, 6.45) is 6.72. The van der Waals surface area contributed by atoms with Gasteiger partial charge in [0.1, 0.15) is 0 Å². The average molecular weight is 226 g/mol. The Kier molecular flexibility index (Phi) is 6.37. The highest BCUT2D eigenvalue weighted by atomic mass is 15.2. The van der Waals surface area contributed by atoms with Gasteiger partial charge in [-0.15, -0.1) is 0 Å². The first-order valence-corrected chi connectivity index (χ1v) is 7.12. The van der Waals surface area contributed by atoms with Gasteiger partial charge in [0.05, 0.1) is 0 Å². The maximum Gasteiger partial charge on any atom is 0.0192 e. The minimum absolute atomic E-state index is 0.722. The molecule has 96 valence electrons. The topological polar surface area (TPSA) is 15.3 Å². The molecular weight excluding hydrogens is 196 g/mol. The molecule has 0 aliphatic carbocycles. The molecule has 0 amide bonds. The number of nitrogens with one attached hydrogen (secondary N) is 1. The molecule has 3 atom stereocenters. The van der Waals surface area contributed by atoms with Crippen molar-refractivity contribution in [1.29, 1.82) is 0 Å². The highest BCUT2D eigenvalue weighted by Gasteiger charge is 2.24. The molecule has 1 heterocycles. The van der Waals surface area contributed by atoms with Gasteiger partial charge in [0.15, 0.2) is 0 Å². The molecule has 0 spiro atoms. The summed E-state index contributed by atoms with van der Waals surface area (Å²) in [6.45, 7) is 9.61. The van der Waals surface area contributed by atoms with E-state index in [0.29, 0.717) is 0 Å². The molecule has 2 nitrogen and oxygen atoms in total. The molecule has 0 aromatic carbocycles. The van der Waals surface area contributed by atoms with Gasteiger partial charge in [0.2, 0.25) is 0 Å². The zero-order chi connectivity index (χ0) is 12.0. The molecule has 1 aliphatic heterocycles. The lowest BCUT2D eigenvalue weighted by Gasteiger charge is -2.39. The van der Waals surface area contributed by atoms with Crippen LogP contribution in [0.4, 0.5) is 0 Å². The third kappa shape index (κ3) is 4.06. The lowest BCUT2D eigenvalue weighted by Crippen LogP contribution is -2.49. The van der Waals surface area contributed by atoms with Crippen LogP contribution in [0.1, 0.15) is 52.9 Å². The van der Waals surface area contributed by atoms with Crippen molar-refractivity contribution < 1.29 is 0 Å². The van der Waals surface area contributed by atoms with Crippen LogP contribution in [0.15, 0.2) is 0 Å². The van der Waals surface area contributed by atoms with Crippen molar-refractivity contribution in [3.05, 3.63) is 0 Å². The number of likely N-dealkylation sites (tertiary alicyclic amines) is 1. The van der Waals surface area contributed by atoms with Crippen LogP contribution >= 0.6 is 0 Å². The van der Waals surface area contributed by atoms with Gasteiger partial charge in [-0.1, -0.05) is 27.2 Å². The molecule has 0 aromatic heterocycles. The van der Waals surface area contributed by atoms with Crippen LogP contribution in [-0.4, -0.2) is 37.1 Å². The van der Waals surface area contributed by atoms with Crippen LogP contribution in [-0.2, 0) is 0 Å². The molecule has 0 saturated carbocycles. The average Bonchev–Trinajstić information content (AvgIpc) is 2.35. The van der Waals surface area contributed by atoms with E-state index < -0.39 is 0 Å². The standard InChI is InChI=1S/C14H30N2/c1-5-12(3)10-14(6-2)16-9-7-8-13(11-16)15-4/h12-15H,5-11H2,1-4H3. The lowest BCUT2D eigenvalue weighted by atomic mass is 9.94. The minimum Gasteiger partial charge on any atom is -0.316 e. The summed E-state index contributed by atoms with van der Waals surface area (Å²) in [7, 11) is 2.10. The smallest absolute Gasteiger partial charge is 0.0192 e. The monoisotopic (exact) mass is 226 g/mol. The van der Waals surface area contributed by atoms with E-state index in [-0.39, 0.29) is 0 Å². The molecule has 1 rings (SSSR count). The molecular formula is C14H30N2. The maximum absolute atomic E-state index is 3.44. The van der Waals surface area contributed by atoms with E-state index in [4.69, 9.17) is 0 Å². The Morgan fingerprint density at radius 2 is 2.06 bits per heavy atom. The summed E-state index contributed by atoms with van der Waals surface area (Å²) in [5.41, 5.74) is 0. The first kappa shape index (κ1) is 14.0. The Labute approximate surface area is 102 Å². The molecule has 1 N–H and O–H groups in total. The van der Waals surface area contributed by atoms with Crippen LogP contribution in [0.5, 0.6) is 0 Å². The fourth-order valence-corrected chi connectivity index (χ4v) is 2.78. The molecule has 0 aromatic rings. The number of likely N-dealkylation sites (N-methyl/N-ethyl adjacent to an activating group) is 1. The fourth-order valence-electron chi connectivity index (χ4n) is 2.78. The van der Waals surface area contributed by atoms with Crippen molar-refractivity contribution in [2.75, 3.05) is 20.1 Å². The van der Waals surface area contributed by atoms with E-state index in [1.165, 1.54) is 45.2 Å². The Bertz CT molecular complexity index is 180. The number of hydrogen-bond donors (Lipinski definition) is 1. The molecule has 1 fully saturated rings. The van der Waals surface area contributed by atoms with Crippen molar-refractivity contribution in [3.63, 3.8) is 0 Å². The van der Waals surface area contributed by atoms with E-state index in [1.807, 2.05) is 0 Å². The Morgan fingerprint density at radius 1 is 1.31 bits per heavy atom. The van der Waals surface area contributed by atoms with E-state index in [9.17, 15) is 0 Å². The first-order chi connectivity index (χ1) is 7.71. The fraction of sp³-hybridized carbons (Fsp3) is 1.00. The summed E-state index contributed by atoms with van der Waals surface area (Å²) in [5.74, 6) is 0.875. The van der Waals surface area contributed by atoms with Gasteiger partial charge in [-0.3, -0.25) is 4.90 Å². The highest BCUT2D eigenvalue weighted by molar-refractivity contribution is 4.82. The van der Waals surface area contributed by atoms with Gasteiger partial charge in [0, 0.05) is 18.6 Å². The number of hydrogen-bond acceptors (Lipinski definition) is 2. The third-order valence-corrected chi connectivity index (χ3v) is 4.22. The second-order valence-corrected chi connectivity index (χ2v) is 5.43. The second-order valence-electron chi connectivity index (χ2n) is 5.43. The van der Waals surface area contributed by atoms with Gasteiger partial charge >= 0.3 is 0 Å². The van der Waals surface area contributed by atoms with Gasteiger partial charge in [-0.2, -0.15) is 0 Å². The van der Waals surface area contributed by atoms with Crippen LogP contribution in [0.2, 0.25) is 0 Å². The third-order valence-electron chi connectivity index (χ3n) is 4.22. The minimum atomic E-state index is 0.722.